The minimum atomic E-state index is 0. The van der Waals surface area contributed by atoms with E-state index in [1.165, 1.54) is 5.56 Å². The number of hydrogen-bond donors (Lipinski definition) is 0. The SMILES string of the molecule is CC(C)(C)c1cccc(-n2cnc(Cn3ccnc3)c2)c1.Cl. The number of benzene rings is 1. The second-order valence-electron chi connectivity index (χ2n) is 6.31. The minimum Gasteiger partial charge on any atom is -0.331 e. The van der Waals surface area contributed by atoms with Gasteiger partial charge in [0.2, 0.25) is 0 Å². The molecule has 5 heteroatoms. The van der Waals surface area contributed by atoms with E-state index in [0.717, 1.165) is 17.9 Å². The molecule has 22 heavy (non-hydrogen) atoms. The van der Waals surface area contributed by atoms with Crippen LogP contribution in [0.15, 0.2) is 55.5 Å². The van der Waals surface area contributed by atoms with Crippen molar-refractivity contribution in [3.8, 4) is 5.69 Å². The Kier molecular flexibility index (Phi) is 4.71. The number of rotatable bonds is 3. The van der Waals surface area contributed by atoms with Crippen LogP contribution in [0.5, 0.6) is 0 Å². The van der Waals surface area contributed by atoms with Gasteiger partial charge in [-0.05, 0) is 23.1 Å². The van der Waals surface area contributed by atoms with Crippen LogP contribution in [0, 0.1) is 0 Å². The van der Waals surface area contributed by atoms with Crippen LogP contribution in [0.2, 0.25) is 0 Å². The molecule has 1 aromatic carbocycles. The number of nitrogens with zero attached hydrogens (tertiary/aromatic N) is 4. The Morgan fingerprint density at radius 1 is 1.14 bits per heavy atom. The van der Waals surface area contributed by atoms with E-state index in [1.54, 1.807) is 12.5 Å². The highest BCUT2D eigenvalue weighted by molar-refractivity contribution is 5.85. The highest BCUT2D eigenvalue weighted by Gasteiger charge is 2.14. The molecule has 0 aliphatic carbocycles. The van der Waals surface area contributed by atoms with E-state index >= 15 is 0 Å². The van der Waals surface area contributed by atoms with Crippen LogP contribution in [-0.2, 0) is 12.0 Å². The minimum absolute atomic E-state index is 0. The van der Waals surface area contributed by atoms with Crippen LogP contribution in [0.3, 0.4) is 0 Å². The van der Waals surface area contributed by atoms with Gasteiger partial charge in [-0.25, -0.2) is 9.97 Å². The summed E-state index contributed by atoms with van der Waals surface area (Å²) < 4.78 is 4.08. The third-order valence-electron chi connectivity index (χ3n) is 3.55. The average Bonchev–Trinajstić information content (AvgIpc) is 3.10. The van der Waals surface area contributed by atoms with Crippen LogP contribution >= 0.6 is 12.4 Å². The Bertz CT molecular complexity index is 723. The van der Waals surface area contributed by atoms with Gasteiger partial charge < -0.3 is 9.13 Å². The van der Waals surface area contributed by atoms with Crippen molar-refractivity contribution in [1.29, 1.82) is 0 Å². The molecule has 0 spiro atoms. The van der Waals surface area contributed by atoms with Gasteiger partial charge in [-0.2, -0.15) is 0 Å². The summed E-state index contributed by atoms with van der Waals surface area (Å²) in [5, 5.41) is 0. The second-order valence-corrected chi connectivity index (χ2v) is 6.31. The Morgan fingerprint density at radius 2 is 1.95 bits per heavy atom. The molecule has 0 aliphatic rings. The molecule has 0 saturated heterocycles. The van der Waals surface area contributed by atoms with Crippen molar-refractivity contribution in [3.63, 3.8) is 0 Å². The fourth-order valence-corrected chi connectivity index (χ4v) is 2.29. The quantitative estimate of drug-likeness (QED) is 0.736. The molecule has 0 N–H and O–H groups in total. The largest absolute Gasteiger partial charge is 0.331 e. The molecule has 0 unspecified atom stereocenters. The number of imidazole rings is 2. The molecule has 0 saturated carbocycles. The molecular formula is C17H21ClN4. The zero-order valence-electron chi connectivity index (χ0n) is 13.1. The maximum atomic E-state index is 4.47. The molecule has 0 bridgehead atoms. The van der Waals surface area contributed by atoms with Crippen molar-refractivity contribution < 1.29 is 0 Å². The van der Waals surface area contributed by atoms with E-state index in [-0.39, 0.29) is 17.8 Å². The lowest BCUT2D eigenvalue weighted by Gasteiger charge is -2.19. The van der Waals surface area contributed by atoms with Gasteiger partial charge in [-0.3, -0.25) is 0 Å². The predicted octanol–water partition coefficient (Wildman–Crippen LogP) is 3.84. The monoisotopic (exact) mass is 316 g/mol. The maximum Gasteiger partial charge on any atom is 0.0996 e. The van der Waals surface area contributed by atoms with E-state index < -0.39 is 0 Å². The highest BCUT2D eigenvalue weighted by Crippen LogP contribution is 2.24. The standard InChI is InChI=1S/C17H20N4.ClH/c1-17(2,3)14-5-4-6-16(9-14)21-11-15(19-13-21)10-20-8-7-18-12-20;/h4-9,11-13H,10H2,1-3H3;1H. The van der Waals surface area contributed by atoms with E-state index in [2.05, 4.69) is 65.8 Å². The third-order valence-corrected chi connectivity index (χ3v) is 3.55. The second kappa shape index (κ2) is 6.36. The zero-order valence-corrected chi connectivity index (χ0v) is 13.9. The predicted molar refractivity (Wildman–Crippen MR) is 90.8 cm³/mol. The van der Waals surface area contributed by atoms with Gasteiger partial charge in [0, 0.05) is 24.3 Å². The Balaban J connectivity index is 0.00000176. The van der Waals surface area contributed by atoms with Crippen LogP contribution in [0.4, 0.5) is 0 Å². The van der Waals surface area contributed by atoms with Crippen LogP contribution in [0.1, 0.15) is 32.0 Å². The third kappa shape index (κ3) is 3.57. The van der Waals surface area contributed by atoms with Crippen molar-refractivity contribution in [3.05, 3.63) is 66.8 Å². The Labute approximate surface area is 137 Å². The molecular weight excluding hydrogens is 296 g/mol. The summed E-state index contributed by atoms with van der Waals surface area (Å²) in [5.41, 5.74) is 3.64. The first-order chi connectivity index (χ1) is 10.0. The molecule has 0 atom stereocenters. The number of halogens is 1. The van der Waals surface area contributed by atoms with Crippen LogP contribution < -0.4 is 0 Å². The fraction of sp³-hybridized carbons (Fsp3) is 0.294. The van der Waals surface area contributed by atoms with Gasteiger partial charge in [0.25, 0.3) is 0 Å². The van der Waals surface area contributed by atoms with Crippen molar-refractivity contribution >= 4 is 12.4 Å². The molecule has 3 rings (SSSR count). The van der Waals surface area contributed by atoms with E-state index in [1.807, 2.05) is 17.1 Å². The first-order valence-electron chi connectivity index (χ1n) is 7.12. The Hall–Kier alpha value is -2.07. The number of aromatic nitrogens is 4. The molecule has 0 radical (unpaired) electrons. The van der Waals surface area contributed by atoms with Crippen LogP contribution in [-0.4, -0.2) is 19.1 Å². The van der Waals surface area contributed by atoms with Gasteiger partial charge in [0.05, 0.1) is 24.9 Å². The lowest BCUT2D eigenvalue weighted by atomic mass is 9.87. The molecule has 0 amide bonds. The summed E-state index contributed by atoms with van der Waals surface area (Å²) in [6, 6.07) is 8.61. The topological polar surface area (TPSA) is 35.6 Å². The molecule has 2 heterocycles. The average molecular weight is 317 g/mol. The van der Waals surface area contributed by atoms with E-state index in [0.29, 0.717) is 0 Å². The van der Waals surface area contributed by atoms with Crippen molar-refractivity contribution in [1.82, 2.24) is 19.1 Å². The van der Waals surface area contributed by atoms with Crippen LogP contribution in [0.25, 0.3) is 5.69 Å². The van der Waals surface area contributed by atoms with E-state index in [9.17, 15) is 0 Å². The molecule has 116 valence electrons. The maximum absolute atomic E-state index is 4.47. The fourth-order valence-electron chi connectivity index (χ4n) is 2.29. The normalized spacial score (nSPS) is 11.2. The van der Waals surface area contributed by atoms with Crippen molar-refractivity contribution in [2.24, 2.45) is 0 Å². The zero-order chi connectivity index (χ0) is 14.9. The lowest BCUT2D eigenvalue weighted by molar-refractivity contribution is 0.590. The first kappa shape index (κ1) is 16.3. The summed E-state index contributed by atoms with van der Waals surface area (Å²) in [6.45, 7) is 7.42. The highest BCUT2D eigenvalue weighted by atomic mass is 35.5. The van der Waals surface area contributed by atoms with Gasteiger partial charge in [-0.15, -0.1) is 12.4 Å². The summed E-state index contributed by atoms with van der Waals surface area (Å²) in [7, 11) is 0. The van der Waals surface area contributed by atoms with Crippen molar-refractivity contribution in [2.45, 2.75) is 32.7 Å². The lowest BCUT2D eigenvalue weighted by Crippen LogP contribution is -2.11. The summed E-state index contributed by atoms with van der Waals surface area (Å²) in [5.74, 6) is 0. The van der Waals surface area contributed by atoms with Crippen molar-refractivity contribution in [2.75, 3.05) is 0 Å². The molecule has 0 aliphatic heterocycles. The smallest absolute Gasteiger partial charge is 0.0996 e. The molecule has 2 aromatic heterocycles. The van der Waals surface area contributed by atoms with Gasteiger partial charge in [-0.1, -0.05) is 32.9 Å². The first-order valence-corrected chi connectivity index (χ1v) is 7.12. The molecule has 3 aromatic rings. The van der Waals surface area contributed by atoms with Gasteiger partial charge in [0.15, 0.2) is 0 Å². The molecule has 4 nitrogen and oxygen atoms in total. The summed E-state index contributed by atoms with van der Waals surface area (Å²) in [6.07, 6.45) is 9.47. The number of hydrogen-bond acceptors (Lipinski definition) is 2. The molecule has 0 fully saturated rings. The summed E-state index contributed by atoms with van der Waals surface area (Å²) in [4.78, 5) is 8.52. The van der Waals surface area contributed by atoms with E-state index in [4.69, 9.17) is 0 Å². The summed E-state index contributed by atoms with van der Waals surface area (Å²) >= 11 is 0. The van der Waals surface area contributed by atoms with Gasteiger partial charge >= 0.3 is 0 Å². The van der Waals surface area contributed by atoms with Gasteiger partial charge in [0.1, 0.15) is 0 Å². The Morgan fingerprint density at radius 3 is 2.64 bits per heavy atom.